The quantitative estimate of drug-likeness (QED) is 0.391. The Bertz CT molecular complexity index is 1150. The lowest BCUT2D eigenvalue weighted by Gasteiger charge is -2.13. The summed E-state index contributed by atoms with van der Waals surface area (Å²) in [6.45, 7) is 0.478. The second kappa shape index (κ2) is 9.76. The second-order valence-corrected chi connectivity index (χ2v) is 7.03. The van der Waals surface area contributed by atoms with Gasteiger partial charge in [0.05, 0.1) is 19.9 Å². The van der Waals surface area contributed by atoms with Crippen LogP contribution in [0.4, 0.5) is 0 Å². The van der Waals surface area contributed by atoms with E-state index in [9.17, 15) is 0 Å². The van der Waals surface area contributed by atoms with Crippen molar-refractivity contribution in [2.75, 3.05) is 14.2 Å². The van der Waals surface area contributed by atoms with E-state index in [-0.39, 0.29) is 0 Å². The number of hydrogen-bond acceptors (Lipinski definition) is 5. The van der Waals surface area contributed by atoms with Gasteiger partial charge in [-0.3, -0.25) is 0 Å². The molecule has 156 valence electrons. The molecule has 1 aromatic heterocycles. The minimum Gasteiger partial charge on any atom is -0.496 e. The Labute approximate surface area is 182 Å². The lowest BCUT2D eigenvalue weighted by atomic mass is 10.1. The van der Waals surface area contributed by atoms with E-state index in [1.165, 1.54) is 0 Å². The summed E-state index contributed by atoms with van der Waals surface area (Å²) in [5.41, 5.74) is 4.86. The van der Waals surface area contributed by atoms with E-state index in [4.69, 9.17) is 14.2 Å². The largest absolute Gasteiger partial charge is 0.496 e. The number of methoxy groups -OCH3 is 2. The van der Waals surface area contributed by atoms with E-state index in [0.717, 1.165) is 33.8 Å². The van der Waals surface area contributed by atoms with Gasteiger partial charge >= 0.3 is 0 Å². The minimum atomic E-state index is 0.478. The van der Waals surface area contributed by atoms with Crippen molar-refractivity contribution in [3.8, 4) is 28.5 Å². The van der Waals surface area contributed by atoms with Crippen LogP contribution in [0.15, 0.2) is 85.2 Å². The highest BCUT2D eigenvalue weighted by Crippen LogP contribution is 2.31. The third-order valence-electron chi connectivity index (χ3n) is 4.96. The number of benzene rings is 3. The molecule has 0 spiro atoms. The first kappa shape index (κ1) is 20.4. The molecular weight excluding hydrogens is 388 g/mol. The Morgan fingerprint density at radius 1 is 0.677 bits per heavy atom. The van der Waals surface area contributed by atoms with Crippen LogP contribution in [-0.2, 0) is 13.0 Å². The standard InChI is InChI=1S/C26H24N2O3/c1-29-24-11-7-6-10-22(24)23-16-21(27-18-28-23)14-20-12-13-25(30-2)26(15-20)31-17-19-8-4-3-5-9-19/h3-13,15-16,18H,14,17H2,1-2H3. The summed E-state index contributed by atoms with van der Waals surface area (Å²) in [6, 6.07) is 25.9. The Morgan fingerprint density at radius 2 is 1.45 bits per heavy atom. The fraction of sp³-hybridized carbons (Fsp3) is 0.154. The highest BCUT2D eigenvalue weighted by atomic mass is 16.5. The zero-order valence-electron chi connectivity index (χ0n) is 17.6. The van der Waals surface area contributed by atoms with Crippen molar-refractivity contribution in [1.82, 2.24) is 9.97 Å². The van der Waals surface area contributed by atoms with Crippen LogP contribution in [0.25, 0.3) is 11.3 Å². The Hall–Kier alpha value is -3.86. The molecule has 3 aromatic carbocycles. The van der Waals surface area contributed by atoms with Crippen molar-refractivity contribution in [1.29, 1.82) is 0 Å². The molecule has 5 nitrogen and oxygen atoms in total. The van der Waals surface area contributed by atoms with Crippen molar-refractivity contribution in [3.63, 3.8) is 0 Å². The maximum absolute atomic E-state index is 6.04. The van der Waals surface area contributed by atoms with Crippen LogP contribution < -0.4 is 14.2 Å². The number of rotatable bonds is 8. The molecule has 4 aromatic rings. The Kier molecular flexibility index (Phi) is 6.43. The van der Waals surface area contributed by atoms with Gasteiger partial charge in [0.1, 0.15) is 18.7 Å². The number of para-hydroxylation sites is 1. The molecule has 31 heavy (non-hydrogen) atoms. The molecule has 0 aliphatic heterocycles. The maximum atomic E-state index is 6.04. The van der Waals surface area contributed by atoms with Gasteiger partial charge in [-0.2, -0.15) is 0 Å². The maximum Gasteiger partial charge on any atom is 0.161 e. The predicted octanol–water partition coefficient (Wildman–Crippen LogP) is 5.33. The first-order chi connectivity index (χ1) is 15.3. The van der Waals surface area contributed by atoms with E-state index in [0.29, 0.717) is 24.5 Å². The molecule has 4 rings (SSSR count). The highest BCUT2D eigenvalue weighted by molar-refractivity contribution is 5.67. The van der Waals surface area contributed by atoms with Gasteiger partial charge in [-0.05, 0) is 41.5 Å². The third-order valence-corrected chi connectivity index (χ3v) is 4.96. The molecule has 0 fully saturated rings. The van der Waals surface area contributed by atoms with Crippen molar-refractivity contribution < 1.29 is 14.2 Å². The van der Waals surface area contributed by atoms with Crippen LogP contribution in [0.3, 0.4) is 0 Å². The van der Waals surface area contributed by atoms with Gasteiger partial charge in [-0.25, -0.2) is 9.97 Å². The van der Waals surface area contributed by atoms with Crippen LogP contribution in [-0.4, -0.2) is 24.2 Å². The number of aromatic nitrogens is 2. The first-order valence-electron chi connectivity index (χ1n) is 10.0. The van der Waals surface area contributed by atoms with Gasteiger partial charge in [0.2, 0.25) is 0 Å². The summed E-state index contributed by atoms with van der Waals surface area (Å²) in [7, 11) is 3.31. The van der Waals surface area contributed by atoms with Gasteiger partial charge in [0.15, 0.2) is 11.5 Å². The molecule has 5 heteroatoms. The molecule has 0 aliphatic carbocycles. The smallest absolute Gasteiger partial charge is 0.161 e. The van der Waals surface area contributed by atoms with Crippen LogP contribution in [0.2, 0.25) is 0 Å². The zero-order valence-corrected chi connectivity index (χ0v) is 17.6. The average Bonchev–Trinajstić information content (AvgIpc) is 2.83. The summed E-state index contributed by atoms with van der Waals surface area (Å²) in [5.74, 6) is 2.20. The van der Waals surface area contributed by atoms with Gasteiger partial charge in [0.25, 0.3) is 0 Å². The van der Waals surface area contributed by atoms with Crippen molar-refractivity contribution in [2.45, 2.75) is 13.0 Å². The van der Waals surface area contributed by atoms with Crippen LogP contribution in [0.5, 0.6) is 17.2 Å². The van der Waals surface area contributed by atoms with Gasteiger partial charge in [-0.1, -0.05) is 48.5 Å². The van der Waals surface area contributed by atoms with E-state index in [1.807, 2.05) is 78.9 Å². The number of ether oxygens (including phenoxy) is 3. The molecule has 0 atom stereocenters. The monoisotopic (exact) mass is 412 g/mol. The molecule has 1 heterocycles. The van der Waals surface area contributed by atoms with Crippen molar-refractivity contribution >= 4 is 0 Å². The summed E-state index contributed by atoms with van der Waals surface area (Å²) < 4.78 is 17.0. The lowest BCUT2D eigenvalue weighted by molar-refractivity contribution is 0.284. The first-order valence-corrected chi connectivity index (χ1v) is 10.0. The summed E-state index contributed by atoms with van der Waals surface area (Å²) in [5, 5.41) is 0. The molecule has 0 amide bonds. The Balaban J connectivity index is 1.55. The molecule has 0 N–H and O–H groups in total. The second-order valence-electron chi connectivity index (χ2n) is 7.03. The summed E-state index contributed by atoms with van der Waals surface area (Å²) in [6.07, 6.45) is 2.24. The molecule has 0 saturated carbocycles. The summed E-state index contributed by atoms with van der Waals surface area (Å²) >= 11 is 0. The van der Waals surface area contributed by atoms with E-state index in [1.54, 1.807) is 20.5 Å². The minimum absolute atomic E-state index is 0.478. The topological polar surface area (TPSA) is 53.5 Å². The molecule has 0 unspecified atom stereocenters. The Morgan fingerprint density at radius 3 is 2.26 bits per heavy atom. The average molecular weight is 412 g/mol. The van der Waals surface area contributed by atoms with Crippen LogP contribution >= 0.6 is 0 Å². The normalized spacial score (nSPS) is 10.5. The third kappa shape index (κ3) is 5.01. The van der Waals surface area contributed by atoms with Gasteiger partial charge in [-0.15, -0.1) is 0 Å². The molecule has 0 radical (unpaired) electrons. The van der Waals surface area contributed by atoms with Crippen molar-refractivity contribution in [2.24, 2.45) is 0 Å². The van der Waals surface area contributed by atoms with E-state index < -0.39 is 0 Å². The van der Waals surface area contributed by atoms with E-state index in [2.05, 4.69) is 9.97 Å². The molecule has 0 aliphatic rings. The number of hydrogen-bond donors (Lipinski definition) is 0. The highest BCUT2D eigenvalue weighted by Gasteiger charge is 2.10. The molecule has 0 bridgehead atoms. The zero-order chi connectivity index (χ0) is 21.5. The lowest BCUT2D eigenvalue weighted by Crippen LogP contribution is -2.00. The SMILES string of the molecule is COc1ccc(Cc2cc(-c3ccccc3OC)ncn2)cc1OCc1ccccc1. The summed E-state index contributed by atoms with van der Waals surface area (Å²) in [4.78, 5) is 8.89. The van der Waals surface area contributed by atoms with Crippen LogP contribution in [0, 0.1) is 0 Å². The predicted molar refractivity (Wildman–Crippen MR) is 121 cm³/mol. The number of nitrogens with zero attached hydrogens (tertiary/aromatic N) is 2. The molecular formula is C26H24N2O3. The van der Waals surface area contributed by atoms with E-state index >= 15 is 0 Å². The van der Waals surface area contributed by atoms with Gasteiger partial charge in [0, 0.05) is 17.7 Å². The van der Waals surface area contributed by atoms with Gasteiger partial charge < -0.3 is 14.2 Å². The molecule has 0 saturated heterocycles. The van der Waals surface area contributed by atoms with Crippen LogP contribution in [0.1, 0.15) is 16.8 Å². The van der Waals surface area contributed by atoms with Crippen molar-refractivity contribution in [3.05, 3.63) is 102 Å². The fourth-order valence-electron chi connectivity index (χ4n) is 3.39. The fourth-order valence-corrected chi connectivity index (χ4v) is 3.39.